The minimum absolute atomic E-state index is 0.174. The fraction of sp³-hybridized carbons (Fsp3) is 0.353. The van der Waals surface area contributed by atoms with Gasteiger partial charge in [-0.25, -0.2) is 13.6 Å². The van der Waals surface area contributed by atoms with Crippen molar-refractivity contribution in [2.24, 2.45) is 14.1 Å². The lowest BCUT2D eigenvalue weighted by Crippen LogP contribution is -2.39. The smallest absolute Gasteiger partial charge is 0.332 e. The van der Waals surface area contributed by atoms with E-state index in [1.807, 2.05) is 0 Å². The van der Waals surface area contributed by atoms with Gasteiger partial charge in [0.1, 0.15) is 0 Å². The molecule has 3 rings (SSSR count). The van der Waals surface area contributed by atoms with Gasteiger partial charge < -0.3 is 15.0 Å². The van der Waals surface area contributed by atoms with E-state index < -0.39 is 29.0 Å². The molecule has 2 aromatic heterocycles. The molecule has 1 atom stereocenters. The first-order valence-electron chi connectivity index (χ1n) is 8.22. The zero-order valence-electron chi connectivity index (χ0n) is 15.0. The summed E-state index contributed by atoms with van der Waals surface area (Å²) in [4.78, 5) is 29.7. The molecule has 1 unspecified atom stereocenters. The van der Waals surface area contributed by atoms with Crippen LogP contribution in [0.15, 0.2) is 27.8 Å². The molecule has 144 valence electrons. The van der Waals surface area contributed by atoms with Gasteiger partial charge in [0.2, 0.25) is 5.95 Å². The normalized spacial score (nSPS) is 12.5. The summed E-state index contributed by atoms with van der Waals surface area (Å²) in [5.41, 5.74) is -0.590. The van der Waals surface area contributed by atoms with Crippen molar-refractivity contribution in [2.45, 2.75) is 19.6 Å². The van der Waals surface area contributed by atoms with Gasteiger partial charge in [-0.1, -0.05) is 6.07 Å². The number of benzene rings is 1. The average molecular weight is 379 g/mol. The van der Waals surface area contributed by atoms with Gasteiger partial charge in [0.05, 0.1) is 12.6 Å². The van der Waals surface area contributed by atoms with Crippen LogP contribution in [-0.2, 0) is 20.6 Å². The maximum Gasteiger partial charge on any atom is 0.332 e. The summed E-state index contributed by atoms with van der Waals surface area (Å²) in [6.07, 6.45) is -0.626. The van der Waals surface area contributed by atoms with Crippen LogP contribution in [0.25, 0.3) is 11.2 Å². The molecule has 10 heteroatoms. The number of aliphatic hydroxyl groups excluding tert-OH is 1. The molecule has 0 aliphatic rings. The van der Waals surface area contributed by atoms with Gasteiger partial charge in [-0.15, -0.1) is 0 Å². The summed E-state index contributed by atoms with van der Waals surface area (Å²) < 4.78 is 30.2. The molecule has 0 saturated heterocycles. The standard InChI is InChI=1S/C17H19F2N5O3/c1-9(25)7-20-16-21-14-13(22(16)2)15(26)24(17(27)23(14)3)8-10-4-5-11(18)12(19)6-10/h4-6,9,25H,7-8H2,1-3H3,(H,20,21). The van der Waals surface area contributed by atoms with E-state index in [2.05, 4.69) is 10.3 Å². The molecule has 0 bridgehead atoms. The van der Waals surface area contributed by atoms with E-state index in [0.717, 1.165) is 16.7 Å². The fourth-order valence-corrected chi connectivity index (χ4v) is 2.80. The number of aliphatic hydroxyl groups is 1. The maximum atomic E-state index is 13.4. The minimum atomic E-state index is -1.05. The van der Waals surface area contributed by atoms with Crippen molar-refractivity contribution in [3.05, 3.63) is 56.2 Å². The average Bonchev–Trinajstić information content (AvgIpc) is 2.95. The lowest BCUT2D eigenvalue weighted by atomic mass is 10.2. The number of hydrogen-bond donors (Lipinski definition) is 2. The molecule has 0 amide bonds. The highest BCUT2D eigenvalue weighted by Crippen LogP contribution is 2.14. The van der Waals surface area contributed by atoms with Crippen molar-refractivity contribution in [2.75, 3.05) is 11.9 Å². The number of nitrogens with zero attached hydrogens (tertiary/aromatic N) is 4. The number of fused-ring (bicyclic) bond motifs is 1. The second kappa shape index (κ2) is 6.95. The van der Waals surface area contributed by atoms with Crippen molar-refractivity contribution < 1.29 is 13.9 Å². The third-order valence-corrected chi connectivity index (χ3v) is 4.24. The Morgan fingerprint density at radius 3 is 2.52 bits per heavy atom. The Hall–Kier alpha value is -3.01. The van der Waals surface area contributed by atoms with E-state index in [-0.39, 0.29) is 29.8 Å². The molecule has 0 aliphatic carbocycles. The van der Waals surface area contributed by atoms with E-state index >= 15 is 0 Å². The van der Waals surface area contributed by atoms with Crippen molar-refractivity contribution in [3.8, 4) is 0 Å². The van der Waals surface area contributed by atoms with Crippen LogP contribution in [0.5, 0.6) is 0 Å². The van der Waals surface area contributed by atoms with Gasteiger partial charge in [0, 0.05) is 20.6 Å². The van der Waals surface area contributed by atoms with E-state index in [1.54, 1.807) is 14.0 Å². The third-order valence-electron chi connectivity index (χ3n) is 4.24. The number of rotatable bonds is 5. The number of aryl methyl sites for hydroxylation is 2. The van der Waals surface area contributed by atoms with Crippen LogP contribution in [0.1, 0.15) is 12.5 Å². The van der Waals surface area contributed by atoms with Crippen molar-refractivity contribution in [1.82, 2.24) is 18.7 Å². The summed E-state index contributed by atoms with van der Waals surface area (Å²) in [5.74, 6) is -1.73. The highest BCUT2D eigenvalue weighted by Gasteiger charge is 2.19. The summed E-state index contributed by atoms with van der Waals surface area (Å²) in [7, 11) is 3.07. The largest absolute Gasteiger partial charge is 0.392 e. The molecule has 2 heterocycles. The number of imidazole rings is 1. The van der Waals surface area contributed by atoms with E-state index in [0.29, 0.717) is 5.95 Å². The van der Waals surface area contributed by atoms with Crippen LogP contribution in [0.2, 0.25) is 0 Å². The molecule has 8 nitrogen and oxygen atoms in total. The van der Waals surface area contributed by atoms with Crippen LogP contribution in [-0.4, -0.2) is 36.4 Å². The number of aromatic nitrogens is 4. The summed E-state index contributed by atoms with van der Waals surface area (Å²) in [5, 5.41) is 12.3. The molecule has 0 radical (unpaired) electrons. The molecule has 0 saturated carbocycles. The van der Waals surface area contributed by atoms with Gasteiger partial charge in [0.25, 0.3) is 5.56 Å². The maximum absolute atomic E-state index is 13.4. The third kappa shape index (κ3) is 3.35. The zero-order chi connectivity index (χ0) is 19.9. The number of anilines is 1. The number of halogens is 2. The molecule has 2 N–H and O–H groups in total. The highest BCUT2D eigenvalue weighted by atomic mass is 19.2. The molecule has 0 aliphatic heterocycles. The SMILES string of the molecule is CC(O)CNc1nc2c(c(=O)n(Cc3ccc(F)c(F)c3)c(=O)n2C)n1C. The van der Waals surface area contributed by atoms with Crippen LogP contribution >= 0.6 is 0 Å². The summed E-state index contributed by atoms with van der Waals surface area (Å²) in [6.45, 7) is 1.61. The summed E-state index contributed by atoms with van der Waals surface area (Å²) >= 11 is 0. The Morgan fingerprint density at radius 2 is 1.89 bits per heavy atom. The van der Waals surface area contributed by atoms with Crippen LogP contribution in [0.4, 0.5) is 14.7 Å². The predicted molar refractivity (Wildman–Crippen MR) is 95.8 cm³/mol. The molecular weight excluding hydrogens is 360 g/mol. The van der Waals surface area contributed by atoms with E-state index in [9.17, 15) is 23.5 Å². The quantitative estimate of drug-likeness (QED) is 0.675. The summed E-state index contributed by atoms with van der Waals surface area (Å²) in [6, 6.07) is 3.21. The van der Waals surface area contributed by atoms with Crippen molar-refractivity contribution >= 4 is 17.1 Å². The number of nitrogens with one attached hydrogen (secondary N) is 1. The van der Waals surface area contributed by atoms with Gasteiger partial charge >= 0.3 is 5.69 Å². The van der Waals surface area contributed by atoms with Crippen LogP contribution in [0, 0.1) is 11.6 Å². The van der Waals surface area contributed by atoms with Gasteiger partial charge in [-0.2, -0.15) is 4.98 Å². The number of hydrogen-bond acceptors (Lipinski definition) is 5. The Balaban J connectivity index is 2.14. The van der Waals surface area contributed by atoms with E-state index in [1.165, 1.54) is 22.2 Å². The Kier molecular flexibility index (Phi) is 4.83. The predicted octanol–water partition coefficient (Wildman–Crippen LogP) is 0.553. The zero-order valence-corrected chi connectivity index (χ0v) is 15.0. The first-order valence-corrected chi connectivity index (χ1v) is 8.22. The Morgan fingerprint density at radius 1 is 1.19 bits per heavy atom. The first kappa shape index (κ1) is 18.8. The molecule has 0 fully saturated rings. The Bertz CT molecular complexity index is 1130. The lowest BCUT2D eigenvalue weighted by molar-refractivity contribution is 0.208. The monoisotopic (exact) mass is 379 g/mol. The molecule has 27 heavy (non-hydrogen) atoms. The topological polar surface area (TPSA) is 94.1 Å². The van der Waals surface area contributed by atoms with Crippen molar-refractivity contribution in [1.29, 1.82) is 0 Å². The minimum Gasteiger partial charge on any atom is -0.392 e. The second-order valence-electron chi connectivity index (χ2n) is 6.38. The van der Waals surface area contributed by atoms with E-state index in [4.69, 9.17) is 0 Å². The molecule has 0 spiro atoms. The van der Waals surface area contributed by atoms with Gasteiger partial charge in [-0.3, -0.25) is 13.9 Å². The molecular formula is C17H19F2N5O3. The highest BCUT2D eigenvalue weighted by molar-refractivity contribution is 5.74. The van der Waals surface area contributed by atoms with Gasteiger partial charge in [0.15, 0.2) is 22.8 Å². The molecule has 1 aromatic carbocycles. The molecule has 3 aromatic rings. The second-order valence-corrected chi connectivity index (χ2v) is 6.38. The Labute approximate surface area is 152 Å². The van der Waals surface area contributed by atoms with Gasteiger partial charge in [-0.05, 0) is 24.6 Å². The van der Waals surface area contributed by atoms with Crippen molar-refractivity contribution in [3.63, 3.8) is 0 Å². The van der Waals surface area contributed by atoms with Crippen LogP contribution < -0.4 is 16.6 Å². The first-order chi connectivity index (χ1) is 12.7. The van der Waals surface area contributed by atoms with Crippen LogP contribution in [0.3, 0.4) is 0 Å². The lowest BCUT2D eigenvalue weighted by Gasteiger charge is -2.09. The fourth-order valence-electron chi connectivity index (χ4n) is 2.80.